The molecule has 0 saturated carbocycles. The summed E-state index contributed by atoms with van der Waals surface area (Å²) >= 11 is 3.41. The molecule has 0 bridgehead atoms. The number of amides is 1. The predicted octanol–water partition coefficient (Wildman–Crippen LogP) is 3.68. The van der Waals surface area contributed by atoms with Crippen LogP contribution in [0.3, 0.4) is 0 Å². The van der Waals surface area contributed by atoms with Gasteiger partial charge in [0, 0.05) is 11.4 Å². The van der Waals surface area contributed by atoms with Gasteiger partial charge in [0.15, 0.2) is 0 Å². The van der Waals surface area contributed by atoms with Crippen molar-refractivity contribution in [3.8, 4) is 0 Å². The van der Waals surface area contributed by atoms with E-state index in [1.54, 1.807) is 12.1 Å². The highest BCUT2D eigenvalue weighted by molar-refractivity contribution is 9.09. The van der Waals surface area contributed by atoms with Gasteiger partial charge in [0.25, 0.3) is 0 Å². The van der Waals surface area contributed by atoms with Crippen LogP contribution in [0.25, 0.3) is 0 Å². The molecule has 4 heteroatoms. The summed E-state index contributed by atoms with van der Waals surface area (Å²) in [7, 11) is 0. The molecular weight excluding hydrogens is 309 g/mol. The molecule has 0 radical (unpaired) electrons. The summed E-state index contributed by atoms with van der Waals surface area (Å²) < 4.78 is 13.1. The number of nitrogens with one attached hydrogen (secondary N) is 1. The molecule has 1 amide bonds. The van der Waals surface area contributed by atoms with Crippen LogP contribution in [0.1, 0.15) is 32.8 Å². The number of rotatable bonds is 5. The summed E-state index contributed by atoms with van der Waals surface area (Å²) in [5, 5.41) is 3.88. The maximum absolute atomic E-state index is 13.1. The van der Waals surface area contributed by atoms with Gasteiger partial charge in [0.2, 0.25) is 5.91 Å². The molecule has 1 unspecified atom stereocenters. The van der Waals surface area contributed by atoms with E-state index in [1.807, 2.05) is 0 Å². The second-order valence-electron chi connectivity index (χ2n) is 5.77. The van der Waals surface area contributed by atoms with Crippen molar-refractivity contribution in [2.24, 2.45) is 5.41 Å². The highest BCUT2D eigenvalue weighted by Gasteiger charge is 2.25. The molecule has 0 heterocycles. The highest BCUT2D eigenvalue weighted by atomic mass is 79.9. The fourth-order valence-electron chi connectivity index (χ4n) is 1.91. The van der Waals surface area contributed by atoms with Crippen LogP contribution in [0.15, 0.2) is 24.3 Å². The first-order valence-corrected chi connectivity index (χ1v) is 7.55. The van der Waals surface area contributed by atoms with E-state index in [4.69, 9.17) is 0 Å². The smallest absolute Gasteiger partial charge is 0.224 e. The Morgan fingerprint density at radius 2 is 2.11 bits per heavy atom. The molecule has 0 fully saturated rings. The van der Waals surface area contributed by atoms with Crippen LogP contribution in [0.5, 0.6) is 0 Å². The lowest BCUT2D eigenvalue weighted by Gasteiger charge is -2.31. The second kappa shape index (κ2) is 7.04. The maximum atomic E-state index is 13.1. The van der Waals surface area contributed by atoms with Crippen LogP contribution in [0, 0.1) is 11.2 Å². The lowest BCUT2D eigenvalue weighted by molar-refractivity contribution is -0.121. The van der Waals surface area contributed by atoms with E-state index in [-0.39, 0.29) is 29.6 Å². The van der Waals surface area contributed by atoms with Crippen molar-refractivity contribution in [3.05, 3.63) is 35.6 Å². The standard InChI is InChI=1S/C15H21BrFNO/c1-15(2,3)13(7-8-16)18-14(19)10-11-5-4-6-12(17)9-11/h4-6,9,13H,7-8,10H2,1-3H3,(H,18,19). The third-order valence-electron chi connectivity index (χ3n) is 3.03. The molecule has 2 nitrogen and oxygen atoms in total. The summed E-state index contributed by atoms with van der Waals surface area (Å²) in [6.07, 6.45) is 1.09. The normalized spacial score (nSPS) is 13.1. The minimum Gasteiger partial charge on any atom is -0.353 e. The highest BCUT2D eigenvalue weighted by Crippen LogP contribution is 2.22. The lowest BCUT2D eigenvalue weighted by Crippen LogP contribution is -2.44. The van der Waals surface area contributed by atoms with E-state index in [1.165, 1.54) is 12.1 Å². The van der Waals surface area contributed by atoms with Crippen LogP contribution < -0.4 is 5.32 Å². The van der Waals surface area contributed by atoms with Gasteiger partial charge in [-0.25, -0.2) is 4.39 Å². The number of hydrogen-bond donors (Lipinski definition) is 1. The minimum atomic E-state index is -0.307. The third kappa shape index (κ3) is 5.72. The Hall–Kier alpha value is -0.900. The van der Waals surface area contributed by atoms with Gasteiger partial charge < -0.3 is 5.32 Å². The largest absolute Gasteiger partial charge is 0.353 e. The fourth-order valence-corrected chi connectivity index (χ4v) is 2.37. The van der Waals surface area contributed by atoms with Gasteiger partial charge in [-0.2, -0.15) is 0 Å². The van der Waals surface area contributed by atoms with Crippen LogP contribution in [-0.4, -0.2) is 17.3 Å². The van der Waals surface area contributed by atoms with Crippen LogP contribution >= 0.6 is 15.9 Å². The SMILES string of the molecule is CC(C)(C)C(CCBr)NC(=O)Cc1cccc(F)c1. The monoisotopic (exact) mass is 329 g/mol. The third-order valence-corrected chi connectivity index (χ3v) is 3.49. The van der Waals surface area contributed by atoms with E-state index >= 15 is 0 Å². The predicted molar refractivity (Wildman–Crippen MR) is 79.9 cm³/mol. The Morgan fingerprint density at radius 3 is 2.63 bits per heavy atom. The molecule has 1 aromatic rings. The van der Waals surface area contributed by atoms with Crippen LogP contribution in [0.4, 0.5) is 4.39 Å². The Labute approximate surface area is 122 Å². The summed E-state index contributed by atoms with van der Waals surface area (Å²) in [6.45, 7) is 6.30. The minimum absolute atomic E-state index is 0.00533. The van der Waals surface area contributed by atoms with Gasteiger partial charge in [-0.3, -0.25) is 4.79 Å². The van der Waals surface area contributed by atoms with Crippen molar-refractivity contribution in [2.45, 2.75) is 39.7 Å². The molecule has 1 aromatic carbocycles. The van der Waals surface area contributed by atoms with Gasteiger partial charge in [-0.05, 0) is 29.5 Å². The second-order valence-corrected chi connectivity index (χ2v) is 6.56. The fraction of sp³-hybridized carbons (Fsp3) is 0.533. The zero-order chi connectivity index (χ0) is 14.5. The average Bonchev–Trinajstić information content (AvgIpc) is 2.27. The summed E-state index contributed by atoms with van der Waals surface area (Å²) in [5.74, 6) is -0.371. The van der Waals surface area contributed by atoms with Crippen molar-refractivity contribution < 1.29 is 9.18 Å². The maximum Gasteiger partial charge on any atom is 0.224 e. The average molecular weight is 330 g/mol. The van der Waals surface area contributed by atoms with E-state index in [0.717, 1.165) is 11.8 Å². The first-order valence-electron chi connectivity index (χ1n) is 6.42. The lowest BCUT2D eigenvalue weighted by atomic mass is 9.85. The molecule has 19 heavy (non-hydrogen) atoms. The number of benzene rings is 1. The molecule has 0 aliphatic rings. The summed E-state index contributed by atoms with van der Waals surface area (Å²) in [6, 6.07) is 6.27. The quantitative estimate of drug-likeness (QED) is 0.820. The Kier molecular flexibility index (Phi) is 5.98. The van der Waals surface area contributed by atoms with Gasteiger partial charge in [-0.1, -0.05) is 48.8 Å². The molecule has 0 spiro atoms. The van der Waals surface area contributed by atoms with Gasteiger partial charge in [0.05, 0.1) is 6.42 Å². The van der Waals surface area contributed by atoms with Crippen molar-refractivity contribution >= 4 is 21.8 Å². The zero-order valence-corrected chi connectivity index (χ0v) is 13.3. The van der Waals surface area contributed by atoms with E-state index in [9.17, 15) is 9.18 Å². The van der Waals surface area contributed by atoms with Gasteiger partial charge in [0.1, 0.15) is 5.82 Å². The van der Waals surface area contributed by atoms with E-state index in [0.29, 0.717) is 5.56 Å². The molecular formula is C15H21BrFNO. The van der Waals surface area contributed by atoms with Crippen LogP contribution in [-0.2, 0) is 11.2 Å². The Balaban J connectivity index is 2.63. The number of alkyl halides is 1. The topological polar surface area (TPSA) is 29.1 Å². The summed E-state index contributed by atoms with van der Waals surface area (Å²) in [4.78, 5) is 12.0. The molecule has 106 valence electrons. The van der Waals surface area contributed by atoms with E-state index in [2.05, 4.69) is 42.0 Å². The molecule has 0 aromatic heterocycles. The van der Waals surface area contributed by atoms with Crippen molar-refractivity contribution in [1.82, 2.24) is 5.32 Å². The van der Waals surface area contributed by atoms with Crippen molar-refractivity contribution in [1.29, 1.82) is 0 Å². The van der Waals surface area contributed by atoms with E-state index < -0.39 is 0 Å². The molecule has 1 N–H and O–H groups in total. The first-order chi connectivity index (χ1) is 8.82. The summed E-state index contributed by atoms with van der Waals surface area (Å²) in [5.41, 5.74) is 0.703. The van der Waals surface area contributed by atoms with Crippen LogP contribution in [0.2, 0.25) is 0 Å². The molecule has 0 aliphatic carbocycles. The Morgan fingerprint density at radius 1 is 1.42 bits per heavy atom. The molecule has 0 aliphatic heterocycles. The number of carbonyl (C=O) groups is 1. The number of halogens is 2. The Bertz CT molecular complexity index is 428. The molecule has 1 atom stereocenters. The first kappa shape index (κ1) is 16.2. The van der Waals surface area contributed by atoms with Crippen molar-refractivity contribution in [2.75, 3.05) is 5.33 Å². The number of carbonyl (C=O) groups excluding carboxylic acids is 1. The zero-order valence-electron chi connectivity index (χ0n) is 11.7. The molecule has 0 saturated heterocycles. The number of hydrogen-bond acceptors (Lipinski definition) is 1. The van der Waals surface area contributed by atoms with Gasteiger partial charge >= 0.3 is 0 Å². The molecule has 1 rings (SSSR count). The van der Waals surface area contributed by atoms with Gasteiger partial charge in [-0.15, -0.1) is 0 Å². The van der Waals surface area contributed by atoms with Crippen molar-refractivity contribution in [3.63, 3.8) is 0 Å².